The molecule has 0 atom stereocenters. The van der Waals surface area contributed by atoms with Gasteiger partial charge in [0.25, 0.3) is 12.3 Å². The van der Waals surface area contributed by atoms with Crippen LogP contribution in [0.15, 0.2) is 67.4 Å². The maximum atomic E-state index is 13.2. The molecular weight excluding hydrogens is 480 g/mol. The van der Waals surface area contributed by atoms with Gasteiger partial charge in [0.1, 0.15) is 24.3 Å². The number of hydrogen-bond donors (Lipinski definition) is 1. The van der Waals surface area contributed by atoms with Gasteiger partial charge in [0.05, 0.1) is 35.8 Å². The van der Waals surface area contributed by atoms with Gasteiger partial charge in [0, 0.05) is 41.5 Å². The lowest BCUT2D eigenvalue weighted by Gasteiger charge is -2.13. The number of fused-ring (bicyclic) bond motifs is 1. The van der Waals surface area contributed by atoms with Crippen LogP contribution in [0.3, 0.4) is 0 Å². The summed E-state index contributed by atoms with van der Waals surface area (Å²) in [7, 11) is 1.50. The monoisotopic (exact) mass is 503 g/mol. The van der Waals surface area contributed by atoms with Gasteiger partial charge in [-0.25, -0.2) is 18.7 Å². The van der Waals surface area contributed by atoms with Gasteiger partial charge >= 0.3 is 0 Å². The fourth-order valence-electron chi connectivity index (χ4n) is 4.05. The van der Waals surface area contributed by atoms with Crippen LogP contribution in [0.25, 0.3) is 33.4 Å². The molecule has 9 nitrogen and oxygen atoms in total. The molecule has 3 heterocycles. The number of nitrogens with zero attached hydrogens (tertiary/aromatic N) is 6. The van der Waals surface area contributed by atoms with E-state index in [0.29, 0.717) is 51.4 Å². The Morgan fingerprint density at radius 2 is 1.89 bits per heavy atom. The largest absolute Gasteiger partial charge is 0.494 e. The van der Waals surface area contributed by atoms with Crippen LogP contribution < -0.4 is 10.1 Å². The van der Waals surface area contributed by atoms with Crippen molar-refractivity contribution >= 4 is 22.5 Å². The van der Waals surface area contributed by atoms with Gasteiger partial charge in [0.15, 0.2) is 0 Å². The van der Waals surface area contributed by atoms with Crippen LogP contribution in [0.4, 0.5) is 14.5 Å². The fourth-order valence-corrected chi connectivity index (χ4v) is 4.05. The van der Waals surface area contributed by atoms with Crippen molar-refractivity contribution in [2.45, 2.75) is 26.4 Å². The van der Waals surface area contributed by atoms with Crippen LogP contribution in [0.5, 0.6) is 5.75 Å². The Morgan fingerprint density at radius 3 is 2.59 bits per heavy atom. The van der Waals surface area contributed by atoms with Gasteiger partial charge in [-0.3, -0.25) is 14.2 Å². The van der Waals surface area contributed by atoms with E-state index in [1.165, 1.54) is 24.3 Å². The minimum Gasteiger partial charge on any atom is -0.494 e. The number of carbonyl (C=O) groups is 1. The van der Waals surface area contributed by atoms with Crippen molar-refractivity contribution in [1.82, 2.24) is 29.5 Å². The van der Waals surface area contributed by atoms with Crippen molar-refractivity contribution < 1.29 is 18.3 Å². The number of aryl methyl sites for hydroxylation is 1. The number of carbonyl (C=O) groups excluding carboxylic acids is 1. The summed E-state index contributed by atoms with van der Waals surface area (Å²) in [5.41, 5.74) is 3.67. The van der Waals surface area contributed by atoms with Crippen molar-refractivity contribution in [2.24, 2.45) is 0 Å². The highest BCUT2D eigenvalue weighted by molar-refractivity contribution is 6.07. The number of aromatic nitrogens is 6. The number of rotatable bonds is 8. The molecule has 11 heteroatoms. The summed E-state index contributed by atoms with van der Waals surface area (Å²) in [5, 5.41) is 12.0. The second kappa shape index (κ2) is 10.1. The second-order valence-corrected chi connectivity index (χ2v) is 8.20. The Morgan fingerprint density at radius 1 is 1.08 bits per heavy atom. The second-order valence-electron chi connectivity index (χ2n) is 8.20. The van der Waals surface area contributed by atoms with Gasteiger partial charge in [-0.05, 0) is 13.0 Å². The van der Waals surface area contributed by atoms with Gasteiger partial charge in [-0.2, -0.15) is 10.2 Å². The van der Waals surface area contributed by atoms with E-state index in [0.717, 1.165) is 5.56 Å². The SMILES string of the molecule is CCn1cc(C(=O)Nc2cc3c(-c4cn(CC(F)F)nc4-c4ccccc4)ncnc3cc2OC)cn1. The minimum absolute atomic E-state index is 0.356. The van der Waals surface area contributed by atoms with Crippen LogP contribution in [0.1, 0.15) is 17.3 Å². The third-order valence-electron chi connectivity index (χ3n) is 5.81. The maximum absolute atomic E-state index is 13.2. The number of anilines is 1. The molecule has 0 fully saturated rings. The van der Waals surface area contributed by atoms with Crippen LogP contribution in [0, 0.1) is 0 Å². The number of nitrogens with one attached hydrogen (secondary N) is 1. The number of halogens is 2. The molecule has 1 N–H and O–H groups in total. The topological polar surface area (TPSA) is 99.8 Å². The first-order valence-corrected chi connectivity index (χ1v) is 11.5. The van der Waals surface area contributed by atoms with Crippen molar-refractivity contribution in [3.05, 3.63) is 72.9 Å². The van der Waals surface area contributed by atoms with Crippen LogP contribution in [0.2, 0.25) is 0 Å². The van der Waals surface area contributed by atoms with Gasteiger partial charge < -0.3 is 10.1 Å². The van der Waals surface area contributed by atoms with E-state index < -0.39 is 13.0 Å². The summed E-state index contributed by atoms with van der Waals surface area (Å²) in [6.07, 6.45) is 3.53. The molecule has 3 aromatic heterocycles. The highest BCUT2D eigenvalue weighted by atomic mass is 19.3. The Labute approximate surface area is 210 Å². The number of hydrogen-bond acceptors (Lipinski definition) is 6. The zero-order valence-electron chi connectivity index (χ0n) is 20.1. The number of ether oxygens (including phenoxy) is 1. The number of alkyl halides is 2. The Balaban J connectivity index is 1.63. The average molecular weight is 504 g/mol. The molecule has 37 heavy (non-hydrogen) atoms. The summed E-state index contributed by atoms with van der Waals surface area (Å²) in [6.45, 7) is 2.01. The van der Waals surface area contributed by atoms with Crippen LogP contribution >= 0.6 is 0 Å². The molecule has 0 bridgehead atoms. The first-order valence-electron chi connectivity index (χ1n) is 11.5. The third-order valence-corrected chi connectivity index (χ3v) is 5.81. The van der Waals surface area contributed by atoms with Gasteiger partial charge in [-0.1, -0.05) is 30.3 Å². The molecule has 5 rings (SSSR count). The van der Waals surface area contributed by atoms with E-state index in [4.69, 9.17) is 4.74 Å². The fraction of sp³-hybridized carbons (Fsp3) is 0.192. The molecule has 0 aliphatic heterocycles. The molecule has 0 aliphatic rings. The Hall–Kier alpha value is -4.67. The lowest BCUT2D eigenvalue weighted by molar-refractivity contribution is 0.102. The quantitative estimate of drug-likeness (QED) is 0.323. The normalized spacial score (nSPS) is 11.3. The standard InChI is InChI=1S/C26H23F2N7O2/c1-3-34-12-17(11-31-34)26(36)32-21-9-18-20(10-22(21)37-2)29-15-30-25(18)19-13-35(14-23(27)28)33-24(19)16-7-5-4-6-8-16/h4-13,15,23H,3,14H2,1-2H3,(H,32,36). The summed E-state index contributed by atoms with van der Waals surface area (Å²) in [6, 6.07) is 12.7. The molecule has 1 amide bonds. The van der Waals surface area contributed by atoms with E-state index in [1.807, 2.05) is 37.3 Å². The van der Waals surface area contributed by atoms with Gasteiger partial charge in [0.2, 0.25) is 0 Å². The van der Waals surface area contributed by atoms with Crippen molar-refractivity contribution in [1.29, 1.82) is 0 Å². The summed E-state index contributed by atoms with van der Waals surface area (Å²) in [4.78, 5) is 21.8. The first-order chi connectivity index (χ1) is 18.0. The number of methoxy groups -OCH3 is 1. The molecule has 0 spiro atoms. The summed E-state index contributed by atoms with van der Waals surface area (Å²) < 4.78 is 34.8. The minimum atomic E-state index is -2.57. The van der Waals surface area contributed by atoms with E-state index in [1.54, 1.807) is 29.2 Å². The smallest absolute Gasteiger partial charge is 0.258 e. The highest BCUT2D eigenvalue weighted by Gasteiger charge is 2.20. The van der Waals surface area contributed by atoms with E-state index in [2.05, 4.69) is 25.5 Å². The lowest BCUT2D eigenvalue weighted by Crippen LogP contribution is -2.12. The molecule has 0 unspecified atom stereocenters. The predicted molar refractivity (Wildman–Crippen MR) is 135 cm³/mol. The van der Waals surface area contributed by atoms with E-state index in [-0.39, 0.29) is 5.91 Å². The van der Waals surface area contributed by atoms with E-state index in [9.17, 15) is 13.6 Å². The molecule has 2 aromatic carbocycles. The van der Waals surface area contributed by atoms with Crippen LogP contribution in [-0.2, 0) is 13.1 Å². The Kier molecular flexibility index (Phi) is 6.59. The summed E-state index contributed by atoms with van der Waals surface area (Å²) in [5.74, 6) is 0.0514. The highest BCUT2D eigenvalue weighted by Crippen LogP contribution is 2.37. The Bertz CT molecular complexity index is 1560. The zero-order valence-corrected chi connectivity index (χ0v) is 20.1. The van der Waals surface area contributed by atoms with Gasteiger partial charge in [-0.15, -0.1) is 0 Å². The molecule has 188 valence electrons. The number of benzene rings is 2. The third kappa shape index (κ3) is 4.88. The van der Waals surface area contributed by atoms with Crippen molar-refractivity contribution in [2.75, 3.05) is 12.4 Å². The average Bonchev–Trinajstić information content (AvgIpc) is 3.55. The summed E-state index contributed by atoms with van der Waals surface area (Å²) >= 11 is 0. The first kappa shape index (κ1) is 24.0. The molecule has 0 radical (unpaired) electrons. The zero-order chi connectivity index (χ0) is 25.9. The predicted octanol–water partition coefficient (Wildman–Crippen LogP) is 4.90. The molecule has 0 aliphatic carbocycles. The lowest BCUT2D eigenvalue weighted by atomic mass is 10.0. The molecule has 5 aromatic rings. The van der Waals surface area contributed by atoms with E-state index >= 15 is 0 Å². The van der Waals surface area contributed by atoms with Crippen LogP contribution in [-0.4, -0.2) is 49.0 Å². The van der Waals surface area contributed by atoms with Crippen molar-refractivity contribution in [3.8, 4) is 28.3 Å². The van der Waals surface area contributed by atoms with Crippen molar-refractivity contribution in [3.63, 3.8) is 0 Å². The molecule has 0 saturated carbocycles. The molecule has 0 saturated heterocycles. The number of amides is 1. The maximum Gasteiger partial charge on any atom is 0.258 e. The molecular formula is C26H23F2N7O2.